The maximum absolute atomic E-state index is 12.9. The van der Waals surface area contributed by atoms with E-state index in [1.165, 1.54) is 14.2 Å². The molecular weight excluding hydrogens is 446 g/mol. The van der Waals surface area contributed by atoms with Crippen LogP contribution in [0.5, 0.6) is 11.5 Å². The van der Waals surface area contributed by atoms with Crippen molar-refractivity contribution in [1.82, 2.24) is 20.9 Å². The van der Waals surface area contributed by atoms with Crippen LogP contribution in [0.3, 0.4) is 0 Å². The van der Waals surface area contributed by atoms with E-state index in [0.717, 1.165) is 11.3 Å². The SMILES string of the molecule is COc1ccc(CC(=O)NC(=N)N[C@H](Cc2ccccc2)C(=O)NCc2ccccn2)cc1OC. The number of ether oxygens (including phenoxy) is 2. The monoisotopic (exact) mass is 475 g/mol. The Balaban J connectivity index is 1.61. The Bertz CT molecular complexity index is 1140. The van der Waals surface area contributed by atoms with E-state index in [1.54, 1.807) is 30.5 Å². The van der Waals surface area contributed by atoms with Gasteiger partial charge in [-0.3, -0.25) is 25.3 Å². The van der Waals surface area contributed by atoms with E-state index in [-0.39, 0.29) is 24.8 Å². The molecule has 2 aromatic carbocycles. The minimum Gasteiger partial charge on any atom is -0.493 e. The molecule has 0 saturated carbocycles. The van der Waals surface area contributed by atoms with E-state index in [2.05, 4.69) is 20.9 Å². The number of amides is 2. The predicted molar refractivity (Wildman–Crippen MR) is 132 cm³/mol. The molecule has 35 heavy (non-hydrogen) atoms. The smallest absolute Gasteiger partial charge is 0.243 e. The Morgan fingerprint density at radius 2 is 1.69 bits per heavy atom. The summed E-state index contributed by atoms with van der Waals surface area (Å²) in [5.74, 6) is 0.106. The average Bonchev–Trinajstić information content (AvgIpc) is 2.87. The lowest BCUT2D eigenvalue weighted by atomic mass is 10.1. The third-order valence-electron chi connectivity index (χ3n) is 5.16. The molecule has 0 spiro atoms. The highest BCUT2D eigenvalue weighted by molar-refractivity contribution is 5.98. The topological polar surface area (TPSA) is 125 Å². The van der Waals surface area contributed by atoms with Crippen LogP contribution in [0.1, 0.15) is 16.8 Å². The quantitative estimate of drug-likeness (QED) is 0.263. The van der Waals surface area contributed by atoms with Gasteiger partial charge in [-0.15, -0.1) is 0 Å². The van der Waals surface area contributed by atoms with Crippen molar-refractivity contribution in [3.8, 4) is 11.5 Å². The maximum atomic E-state index is 12.9. The molecule has 0 bridgehead atoms. The molecule has 0 radical (unpaired) electrons. The van der Waals surface area contributed by atoms with Crippen molar-refractivity contribution in [3.05, 3.63) is 89.7 Å². The predicted octanol–water partition coefficient (Wildman–Crippen LogP) is 2.21. The van der Waals surface area contributed by atoms with Crippen molar-refractivity contribution >= 4 is 17.8 Å². The zero-order valence-electron chi connectivity index (χ0n) is 19.7. The molecule has 2 amide bonds. The highest BCUT2D eigenvalue weighted by Crippen LogP contribution is 2.27. The first-order chi connectivity index (χ1) is 17.0. The zero-order chi connectivity index (χ0) is 25.0. The Labute approximate surface area is 204 Å². The molecule has 0 fully saturated rings. The van der Waals surface area contributed by atoms with Gasteiger partial charge in [0.1, 0.15) is 6.04 Å². The largest absolute Gasteiger partial charge is 0.493 e. The molecule has 0 aliphatic carbocycles. The van der Waals surface area contributed by atoms with Gasteiger partial charge in [0.15, 0.2) is 17.5 Å². The first-order valence-corrected chi connectivity index (χ1v) is 11.1. The summed E-state index contributed by atoms with van der Waals surface area (Å²) in [4.78, 5) is 29.7. The highest BCUT2D eigenvalue weighted by atomic mass is 16.5. The minimum absolute atomic E-state index is 0.0274. The summed E-state index contributed by atoms with van der Waals surface area (Å²) in [7, 11) is 3.06. The van der Waals surface area contributed by atoms with Crippen molar-refractivity contribution < 1.29 is 19.1 Å². The van der Waals surface area contributed by atoms with Crippen LogP contribution in [-0.4, -0.2) is 43.0 Å². The van der Waals surface area contributed by atoms with Crippen LogP contribution in [-0.2, 0) is 29.0 Å². The number of nitrogens with zero attached hydrogens (tertiary/aromatic N) is 1. The maximum Gasteiger partial charge on any atom is 0.243 e. The van der Waals surface area contributed by atoms with E-state index in [1.807, 2.05) is 42.5 Å². The van der Waals surface area contributed by atoms with E-state index >= 15 is 0 Å². The standard InChI is InChI=1S/C26H29N5O4/c1-34-22-12-11-19(15-23(22)35-2)16-24(32)31-26(27)30-21(14-18-8-4-3-5-9-18)25(33)29-17-20-10-6-7-13-28-20/h3-13,15,21H,14,16-17H2,1-2H3,(H,29,33)(H3,27,30,31,32)/t21-/m1/s1. The van der Waals surface area contributed by atoms with Crippen LogP contribution in [0.15, 0.2) is 72.9 Å². The second-order valence-electron chi connectivity index (χ2n) is 7.71. The van der Waals surface area contributed by atoms with Crippen LogP contribution in [0.2, 0.25) is 0 Å². The Hall–Kier alpha value is -4.40. The van der Waals surface area contributed by atoms with Crippen molar-refractivity contribution in [3.63, 3.8) is 0 Å². The van der Waals surface area contributed by atoms with Gasteiger partial charge in [-0.25, -0.2) is 0 Å². The van der Waals surface area contributed by atoms with Gasteiger partial charge in [-0.05, 0) is 35.4 Å². The first kappa shape index (κ1) is 25.2. The van der Waals surface area contributed by atoms with E-state index < -0.39 is 11.9 Å². The molecule has 1 atom stereocenters. The van der Waals surface area contributed by atoms with E-state index in [9.17, 15) is 9.59 Å². The molecule has 0 unspecified atom stereocenters. The van der Waals surface area contributed by atoms with Gasteiger partial charge in [0.25, 0.3) is 0 Å². The fourth-order valence-electron chi connectivity index (χ4n) is 3.43. The number of pyridine rings is 1. The Morgan fingerprint density at radius 1 is 0.943 bits per heavy atom. The molecule has 0 aliphatic heterocycles. The van der Waals surface area contributed by atoms with Crippen LogP contribution in [0.4, 0.5) is 0 Å². The normalized spacial score (nSPS) is 11.1. The summed E-state index contributed by atoms with van der Waals surface area (Å²) < 4.78 is 10.5. The fourth-order valence-corrected chi connectivity index (χ4v) is 3.43. The van der Waals surface area contributed by atoms with Crippen LogP contribution in [0.25, 0.3) is 0 Å². The summed E-state index contributed by atoms with van der Waals surface area (Å²) in [6.45, 7) is 0.256. The molecular formula is C26H29N5O4. The third kappa shape index (κ3) is 7.85. The molecule has 3 aromatic rings. The number of benzene rings is 2. The summed E-state index contributed by atoms with van der Waals surface area (Å²) in [5.41, 5.74) is 2.34. The van der Waals surface area contributed by atoms with Crippen LogP contribution in [0, 0.1) is 5.41 Å². The highest BCUT2D eigenvalue weighted by Gasteiger charge is 2.21. The van der Waals surface area contributed by atoms with Crippen LogP contribution >= 0.6 is 0 Å². The molecule has 1 heterocycles. The summed E-state index contributed by atoms with van der Waals surface area (Å²) in [6.07, 6.45) is 2.02. The Morgan fingerprint density at radius 3 is 2.37 bits per heavy atom. The van der Waals surface area contributed by atoms with Crippen molar-refractivity contribution in [2.24, 2.45) is 0 Å². The van der Waals surface area contributed by atoms with Crippen molar-refractivity contribution in [2.75, 3.05) is 14.2 Å². The van der Waals surface area contributed by atoms with Gasteiger partial charge >= 0.3 is 0 Å². The molecule has 4 N–H and O–H groups in total. The lowest BCUT2D eigenvalue weighted by Gasteiger charge is -2.20. The molecule has 3 rings (SSSR count). The number of carbonyl (C=O) groups is 2. The lowest BCUT2D eigenvalue weighted by molar-refractivity contribution is -0.123. The first-order valence-electron chi connectivity index (χ1n) is 11.1. The molecule has 9 nitrogen and oxygen atoms in total. The fraction of sp³-hybridized carbons (Fsp3) is 0.231. The number of carbonyl (C=O) groups excluding carboxylic acids is 2. The number of aromatic nitrogens is 1. The summed E-state index contributed by atoms with van der Waals surface area (Å²) >= 11 is 0. The molecule has 9 heteroatoms. The third-order valence-corrected chi connectivity index (χ3v) is 5.16. The van der Waals surface area contributed by atoms with Gasteiger partial charge < -0.3 is 20.1 Å². The second-order valence-corrected chi connectivity index (χ2v) is 7.71. The number of nitrogens with one attached hydrogen (secondary N) is 4. The van der Waals surface area contributed by atoms with Gasteiger partial charge in [0.05, 0.1) is 32.9 Å². The second kappa shape index (κ2) is 12.7. The number of guanidine groups is 1. The van der Waals surface area contributed by atoms with Crippen molar-refractivity contribution in [2.45, 2.75) is 25.4 Å². The van der Waals surface area contributed by atoms with Crippen LogP contribution < -0.4 is 25.4 Å². The van der Waals surface area contributed by atoms with E-state index in [4.69, 9.17) is 14.9 Å². The molecule has 1 aromatic heterocycles. The number of methoxy groups -OCH3 is 2. The van der Waals surface area contributed by atoms with Gasteiger partial charge in [-0.1, -0.05) is 42.5 Å². The minimum atomic E-state index is -0.769. The number of hydrogen-bond acceptors (Lipinski definition) is 6. The van der Waals surface area contributed by atoms with Crippen molar-refractivity contribution in [1.29, 1.82) is 5.41 Å². The van der Waals surface area contributed by atoms with Gasteiger partial charge in [0, 0.05) is 12.6 Å². The summed E-state index contributed by atoms with van der Waals surface area (Å²) in [5, 5.41) is 16.4. The molecule has 182 valence electrons. The molecule has 0 saturated heterocycles. The lowest BCUT2D eigenvalue weighted by Crippen LogP contribution is -2.52. The number of hydrogen-bond donors (Lipinski definition) is 4. The van der Waals surface area contributed by atoms with Gasteiger partial charge in [-0.2, -0.15) is 0 Å². The molecule has 0 aliphatic rings. The number of rotatable bonds is 10. The van der Waals surface area contributed by atoms with Gasteiger partial charge in [0.2, 0.25) is 11.8 Å². The Kier molecular flexibility index (Phi) is 9.18. The summed E-state index contributed by atoms with van der Waals surface area (Å²) in [6, 6.07) is 19.3. The zero-order valence-corrected chi connectivity index (χ0v) is 19.7. The van der Waals surface area contributed by atoms with E-state index in [0.29, 0.717) is 23.5 Å². The average molecular weight is 476 g/mol.